The second-order valence-corrected chi connectivity index (χ2v) is 4.76. The molecule has 1 fully saturated rings. The minimum Gasteiger partial charge on any atom is -0.0892 e. The standard InChI is InChI=1S/C12H18B2/c13-11-6-10(7-12(14)8-11)9-4-2-1-3-5-9/h6-9H,1-5,13-14H2. The molecule has 1 aromatic carbocycles. The highest BCUT2D eigenvalue weighted by Crippen LogP contribution is 2.31. The van der Waals surface area contributed by atoms with Crippen LogP contribution in [0.15, 0.2) is 18.2 Å². The van der Waals surface area contributed by atoms with Crippen LogP contribution in [-0.2, 0) is 0 Å². The zero-order chi connectivity index (χ0) is 9.97. The lowest BCUT2D eigenvalue weighted by atomic mass is 9.78. The summed E-state index contributed by atoms with van der Waals surface area (Å²) in [6, 6.07) is 7.03. The molecule has 0 amide bonds. The van der Waals surface area contributed by atoms with Crippen LogP contribution in [-0.4, -0.2) is 15.7 Å². The van der Waals surface area contributed by atoms with Crippen molar-refractivity contribution < 1.29 is 0 Å². The molecule has 0 spiro atoms. The minimum absolute atomic E-state index is 0.849. The SMILES string of the molecule is Bc1cc(B)cc(C2CCCCC2)c1. The van der Waals surface area contributed by atoms with Gasteiger partial charge in [-0.15, -0.1) is 0 Å². The van der Waals surface area contributed by atoms with Crippen LogP contribution in [0.25, 0.3) is 0 Å². The van der Waals surface area contributed by atoms with Crippen LogP contribution in [0, 0.1) is 0 Å². The molecule has 72 valence electrons. The van der Waals surface area contributed by atoms with Gasteiger partial charge in [0.25, 0.3) is 0 Å². The first kappa shape index (κ1) is 9.89. The van der Waals surface area contributed by atoms with Crippen molar-refractivity contribution in [1.29, 1.82) is 0 Å². The molecular weight excluding hydrogens is 166 g/mol. The molecule has 0 radical (unpaired) electrons. The van der Waals surface area contributed by atoms with Crippen LogP contribution in [0.1, 0.15) is 43.6 Å². The van der Waals surface area contributed by atoms with Crippen molar-refractivity contribution in [3.05, 3.63) is 23.8 Å². The molecule has 0 aromatic heterocycles. The van der Waals surface area contributed by atoms with Gasteiger partial charge in [-0.25, -0.2) is 0 Å². The second kappa shape index (κ2) is 4.25. The van der Waals surface area contributed by atoms with E-state index in [0.29, 0.717) is 0 Å². The van der Waals surface area contributed by atoms with Gasteiger partial charge in [-0.3, -0.25) is 0 Å². The van der Waals surface area contributed by atoms with Crippen molar-refractivity contribution in [3.63, 3.8) is 0 Å². The van der Waals surface area contributed by atoms with Gasteiger partial charge in [-0.2, -0.15) is 0 Å². The molecule has 0 atom stereocenters. The number of hydrogen-bond acceptors (Lipinski definition) is 0. The van der Waals surface area contributed by atoms with Gasteiger partial charge in [0, 0.05) is 0 Å². The van der Waals surface area contributed by atoms with E-state index in [1.165, 1.54) is 43.0 Å². The van der Waals surface area contributed by atoms with Gasteiger partial charge in [0.1, 0.15) is 15.7 Å². The van der Waals surface area contributed by atoms with Crippen LogP contribution in [0.4, 0.5) is 0 Å². The van der Waals surface area contributed by atoms with Gasteiger partial charge in [-0.1, -0.05) is 48.4 Å². The van der Waals surface area contributed by atoms with Crippen molar-refractivity contribution in [2.45, 2.75) is 38.0 Å². The molecule has 0 bridgehead atoms. The molecule has 0 aliphatic heterocycles. The van der Waals surface area contributed by atoms with E-state index in [9.17, 15) is 0 Å². The first-order valence-corrected chi connectivity index (χ1v) is 5.84. The Kier molecular flexibility index (Phi) is 3.00. The summed E-state index contributed by atoms with van der Waals surface area (Å²) in [5, 5.41) is 0. The van der Waals surface area contributed by atoms with Crippen molar-refractivity contribution in [3.8, 4) is 0 Å². The molecular formula is C12H18B2. The smallest absolute Gasteiger partial charge is 0.0892 e. The molecule has 0 N–H and O–H groups in total. The third kappa shape index (κ3) is 2.23. The van der Waals surface area contributed by atoms with Crippen LogP contribution in [0.5, 0.6) is 0 Å². The Bertz CT molecular complexity index is 294. The Hall–Kier alpha value is -0.650. The Balaban J connectivity index is 2.21. The zero-order valence-electron chi connectivity index (χ0n) is 9.34. The zero-order valence-corrected chi connectivity index (χ0v) is 9.34. The van der Waals surface area contributed by atoms with Crippen LogP contribution >= 0.6 is 0 Å². The molecule has 2 rings (SSSR count). The molecule has 14 heavy (non-hydrogen) atoms. The predicted octanol–water partition coefficient (Wildman–Crippen LogP) is 0.251. The normalized spacial score (nSPS) is 18.3. The number of rotatable bonds is 1. The van der Waals surface area contributed by atoms with Gasteiger partial charge >= 0.3 is 0 Å². The van der Waals surface area contributed by atoms with Crippen molar-refractivity contribution in [1.82, 2.24) is 0 Å². The van der Waals surface area contributed by atoms with E-state index in [1.54, 1.807) is 5.56 Å². The summed E-state index contributed by atoms with van der Waals surface area (Å²) in [5.41, 5.74) is 4.43. The van der Waals surface area contributed by atoms with Crippen LogP contribution in [0.2, 0.25) is 0 Å². The Morgan fingerprint density at radius 2 is 1.43 bits per heavy atom. The van der Waals surface area contributed by atoms with E-state index in [4.69, 9.17) is 0 Å². The third-order valence-corrected chi connectivity index (χ3v) is 3.32. The first-order valence-electron chi connectivity index (χ1n) is 5.84. The summed E-state index contributed by atoms with van der Waals surface area (Å²) < 4.78 is 0. The monoisotopic (exact) mass is 184 g/mol. The molecule has 0 nitrogen and oxygen atoms in total. The van der Waals surface area contributed by atoms with Gasteiger partial charge in [-0.05, 0) is 24.3 Å². The number of benzene rings is 1. The van der Waals surface area contributed by atoms with E-state index in [0.717, 1.165) is 5.92 Å². The lowest BCUT2D eigenvalue weighted by Gasteiger charge is -2.22. The lowest BCUT2D eigenvalue weighted by Crippen LogP contribution is -2.17. The average molecular weight is 184 g/mol. The lowest BCUT2D eigenvalue weighted by molar-refractivity contribution is 0.444. The van der Waals surface area contributed by atoms with E-state index in [-0.39, 0.29) is 0 Å². The molecule has 1 aliphatic rings. The Labute approximate surface area is 88.9 Å². The van der Waals surface area contributed by atoms with E-state index < -0.39 is 0 Å². The molecule has 0 saturated heterocycles. The van der Waals surface area contributed by atoms with Crippen LogP contribution < -0.4 is 10.9 Å². The summed E-state index contributed by atoms with van der Waals surface area (Å²) in [7, 11) is 4.42. The van der Waals surface area contributed by atoms with E-state index in [1.807, 2.05) is 0 Å². The highest BCUT2D eigenvalue weighted by atomic mass is 14.2. The van der Waals surface area contributed by atoms with Gasteiger partial charge < -0.3 is 0 Å². The Morgan fingerprint density at radius 1 is 0.857 bits per heavy atom. The average Bonchev–Trinajstić information content (AvgIpc) is 2.18. The van der Waals surface area contributed by atoms with E-state index in [2.05, 4.69) is 33.9 Å². The summed E-state index contributed by atoms with van der Waals surface area (Å²) >= 11 is 0. The quantitative estimate of drug-likeness (QED) is 0.548. The fourth-order valence-electron chi connectivity index (χ4n) is 2.68. The topological polar surface area (TPSA) is 0 Å². The third-order valence-electron chi connectivity index (χ3n) is 3.32. The second-order valence-electron chi connectivity index (χ2n) is 4.76. The highest BCUT2D eigenvalue weighted by molar-refractivity contribution is 6.37. The molecule has 2 heteroatoms. The van der Waals surface area contributed by atoms with E-state index >= 15 is 0 Å². The van der Waals surface area contributed by atoms with Gasteiger partial charge in [0.05, 0.1) is 0 Å². The van der Waals surface area contributed by atoms with Crippen molar-refractivity contribution >= 4 is 26.6 Å². The molecule has 0 unspecified atom stereocenters. The summed E-state index contributed by atoms with van der Waals surface area (Å²) in [6.07, 6.45) is 7.11. The molecule has 1 aliphatic carbocycles. The number of hydrogen-bond donors (Lipinski definition) is 0. The molecule has 1 saturated carbocycles. The highest BCUT2D eigenvalue weighted by Gasteiger charge is 2.15. The Morgan fingerprint density at radius 3 is 2.00 bits per heavy atom. The fourth-order valence-corrected chi connectivity index (χ4v) is 2.68. The summed E-state index contributed by atoms with van der Waals surface area (Å²) in [4.78, 5) is 0. The van der Waals surface area contributed by atoms with Gasteiger partial charge in [0.15, 0.2) is 0 Å². The maximum atomic E-state index is 2.38. The summed E-state index contributed by atoms with van der Waals surface area (Å²) in [6.45, 7) is 0. The molecule has 0 heterocycles. The largest absolute Gasteiger partial charge is 0.139 e. The minimum atomic E-state index is 0.849. The van der Waals surface area contributed by atoms with Crippen molar-refractivity contribution in [2.24, 2.45) is 0 Å². The maximum absolute atomic E-state index is 2.38. The summed E-state index contributed by atoms with van der Waals surface area (Å²) in [5.74, 6) is 0.849. The van der Waals surface area contributed by atoms with Crippen molar-refractivity contribution in [2.75, 3.05) is 0 Å². The molecule has 1 aromatic rings. The predicted molar refractivity (Wildman–Crippen MR) is 68.6 cm³/mol. The van der Waals surface area contributed by atoms with Gasteiger partial charge in [0.2, 0.25) is 0 Å². The fraction of sp³-hybridized carbons (Fsp3) is 0.500. The van der Waals surface area contributed by atoms with Crippen LogP contribution in [0.3, 0.4) is 0 Å². The maximum Gasteiger partial charge on any atom is 0.139 e. The first-order chi connectivity index (χ1) is 6.75.